The van der Waals surface area contributed by atoms with Crippen molar-refractivity contribution >= 4 is 10.9 Å². The number of ether oxygens (including phenoxy) is 1. The Hall–Kier alpha value is -1.71. The van der Waals surface area contributed by atoms with E-state index in [1.807, 2.05) is 12.3 Å². The number of nitrogens with zero attached hydrogens (tertiary/aromatic N) is 1. The van der Waals surface area contributed by atoms with Gasteiger partial charge in [0.05, 0.1) is 18.8 Å². The maximum Gasteiger partial charge on any atom is 0.181 e. The molecule has 1 aliphatic rings. The molecule has 2 unspecified atom stereocenters. The van der Waals surface area contributed by atoms with Gasteiger partial charge in [0, 0.05) is 54.3 Å². The number of aromatic nitrogens is 1. The zero-order chi connectivity index (χ0) is 21.8. The average molecular weight is 415 g/mol. The molecule has 29 heavy (non-hydrogen) atoms. The van der Waals surface area contributed by atoms with Gasteiger partial charge in [-0.25, -0.2) is 0 Å². The van der Waals surface area contributed by atoms with Gasteiger partial charge in [0.2, 0.25) is 0 Å². The summed E-state index contributed by atoms with van der Waals surface area (Å²) in [7, 11) is 3.09. The Morgan fingerprint density at radius 3 is 2.62 bits per heavy atom. The van der Waals surface area contributed by atoms with Crippen LogP contribution in [0.15, 0.2) is 24.4 Å². The molecule has 1 aliphatic heterocycles. The molecule has 0 amide bonds. The minimum Gasteiger partial charge on any atom is -0.400 e. The largest absolute Gasteiger partial charge is 0.400 e. The summed E-state index contributed by atoms with van der Waals surface area (Å²) in [6, 6.07) is 5.85. The lowest BCUT2D eigenvalue weighted by Crippen LogP contribution is -2.31. The van der Waals surface area contributed by atoms with Gasteiger partial charge in [0.25, 0.3) is 0 Å². The Morgan fingerprint density at radius 2 is 2.07 bits per heavy atom. The quantitative estimate of drug-likeness (QED) is 0.580. The minimum absolute atomic E-state index is 0.0249. The fourth-order valence-electron chi connectivity index (χ4n) is 3.02. The van der Waals surface area contributed by atoms with Crippen molar-refractivity contribution in [3.05, 3.63) is 30.0 Å². The van der Waals surface area contributed by atoms with Gasteiger partial charge in [0.1, 0.15) is 0 Å². The van der Waals surface area contributed by atoms with Crippen molar-refractivity contribution in [3.8, 4) is 5.75 Å². The summed E-state index contributed by atoms with van der Waals surface area (Å²) < 4.78 is 17.6. The molecule has 1 aromatic heterocycles. The first-order valence-electron chi connectivity index (χ1n) is 9.89. The lowest BCUT2D eigenvalue weighted by Gasteiger charge is -2.24. The molecule has 1 aromatic carbocycles. The Kier molecular flexibility index (Phi) is 11.8. The van der Waals surface area contributed by atoms with Gasteiger partial charge in [-0.3, -0.25) is 4.94 Å². The SMILES string of the molecule is CC(C)N(C)CCc1c[nH]c2cccc(OF)c12.CO.OCC1CC(O)CCO1. The zero-order valence-corrected chi connectivity index (χ0v) is 17.8. The highest BCUT2D eigenvalue weighted by Crippen LogP contribution is 2.29. The van der Waals surface area contributed by atoms with Crippen molar-refractivity contribution in [2.45, 2.75) is 51.4 Å². The highest BCUT2D eigenvalue weighted by Gasteiger charge is 2.19. The number of nitrogens with one attached hydrogen (secondary N) is 1. The summed E-state index contributed by atoms with van der Waals surface area (Å²) in [6.45, 7) is 5.85. The summed E-state index contributed by atoms with van der Waals surface area (Å²) in [5.41, 5.74) is 2.00. The number of halogens is 1. The van der Waals surface area contributed by atoms with Crippen molar-refractivity contribution in [1.82, 2.24) is 9.88 Å². The van der Waals surface area contributed by atoms with Crippen LogP contribution < -0.4 is 4.94 Å². The molecular formula is C21H35FN2O5. The van der Waals surface area contributed by atoms with Gasteiger partial charge in [0.15, 0.2) is 5.75 Å². The van der Waals surface area contributed by atoms with E-state index < -0.39 is 0 Å². The topological polar surface area (TPSA) is 98.2 Å². The number of aromatic amines is 1. The van der Waals surface area contributed by atoms with E-state index in [9.17, 15) is 4.53 Å². The van der Waals surface area contributed by atoms with Crippen LogP contribution in [0.4, 0.5) is 4.53 Å². The molecule has 0 bridgehead atoms. The van der Waals surface area contributed by atoms with Crippen LogP contribution in [0, 0.1) is 0 Å². The second-order valence-corrected chi connectivity index (χ2v) is 7.25. The predicted molar refractivity (Wildman–Crippen MR) is 112 cm³/mol. The standard InChI is InChI=1S/C14H19FN2O.C6H12O3.CH4O/c1-10(2)17(3)8-7-11-9-16-12-5-4-6-13(18-15)14(11)12;7-4-6-3-5(8)1-2-9-6;1-2/h4-6,9-10,16H,7-8H2,1-3H3;5-8H,1-4H2;2H,1H3. The molecule has 166 valence electrons. The van der Waals surface area contributed by atoms with E-state index in [0.29, 0.717) is 25.5 Å². The highest BCUT2D eigenvalue weighted by atomic mass is 19.3. The lowest BCUT2D eigenvalue weighted by molar-refractivity contribution is -0.0642. The van der Waals surface area contributed by atoms with E-state index in [2.05, 4.69) is 35.7 Å². The molecular weight excluding hydrogens is 379 g/mol. The fraction of sp³-hybridized carbons (Fsp3) is 0.619. The van der Waals surface area contributed by atoms with E-state index in [4.69, 9.17) is 20.1 Å². The van der Waals surface area contributed by atoms with E-state index in [-0.39, 0.29) is 24.6 Å². The molecule has 3 rings (SSSR count). The minimum atomic E-state index is -0.268. The Balaban J connectivity index is 0.000000321. The normalized spacial score (nSPS) is 18.8. The molecule has 2 atom stereocenters. The summed E-state index contributed by atoms with van der Waals surface area (Å²) in [6.07, 6.45) is 3.69. The molecule has 0 saturated carbocycles. The van der Waals surface area contributed by atoms with Crippen molar-refractivity contribution in [3.63, 3.8) is 0 Å². The molecule has 0 aliphatic carbocycles. The van der Waals surface area contributed by atoms with Crippen LogP contribution >= 0.6 is 0 Å². The number of rotatable bonds is 6. The first-order chi connectivity index (χ1) is 14.0. The summed E-state index contributed by atoms with van der Waals surface area (Å²) in [5, 5.41) is 25.4. The molecule has 2 heterocycles. The Labute approximate surface area is 172 Å². The number of hydrogen-bond donors (Lipinski definition) is 4. The third-order valence-corrected chi connectivity index (χ3v) is 4.99. The smallest absolute Gasteiger partial charge is 0.181 e. The first kappa shape index (κ1) is 25.3. The molecule has 1 fully saturated rings. The van der Waals surface area contributed by atoms with Gasteiger partial charge >= 0.3 is 0 Å². The van der Waals surface area contributed by atoms with Crippen LogP contribution in [0.2, 0.25) is 0 Å². The summed E-state index contributed by atoms with van der Waals surface area (Å²) >= 11 is 0. The summed E-state index contributed by atoms with van der Waals surface area (Å²) in [4.78, 5) is 9.36. The van der Waals surface area contributed by atoms with Crippen LogP contribution in [-0.4, -0.2) is 77.4 Å². The number of H-pyrrole nitrogens is 1. The van der Waals surface area contributed by atoms with E-state index in [0.717, 1.165) is 36.5 Å². The molecule has 7 nitrogen and oxygen atoms in total. The van der Waals surface area contributed by atoms with Crippen molar-refractivity contribution in [2.24, 2.45) is 0 Å². The predicted octanol–water partition coefficient (Wildman–Crippen LogP) is 2.44. The third-order valence-electron chi connectivity index (χ3n) is 4.99. The second-order valence-electron chi connectivity index (χ2n) is 7.25. The maximum absolute atomic E-state index is 12.5. The van der Waals surface area contributed by atoms with Crippen LogP contribution in [0.5, 0.6) is 5.75 Å². The van der Waals surface area contributed by atoms with Crippen LogP contribution in [0.3, 0.4) is 0 Å². The molecule has 4 N–H and O–H groups in total. The fourth-order valence-corrected chi connectivity index (χ4v) is 3.02. The van der Waals surface area contributed by atoms with E-state index >= 15 is 0 Å². The number of fused-ring (bicyclic) bond motifs is 1. The molecule has 0 radical (unpaired) electrons. The molecule has 2 aromatic rings. The molecule has 1 saturated heterocycles. The summed E-state index contributed by atoms with van der Waals surface area (Å²) in [5.74, 6) is 0.288. The highest BCUT2D eigenvalue weighted by molar-refractivity contribution is 5.89. The number of benzene rings is 1. The van der Waals surface area contributed by atoms with Crippen LogP contribution in [-0.2, 0) is 11.2 Å². The van der Waals surface area contributed by atoms with Crippen LogP contribution in [0.1, 0.15) is 32.3 Å². The Morgan fingerprint density at radius 1 is 1.34 bits per heavy atom. The van der Waals surface area contributed by atoms with Gasteiger partial charge in [-0.1, -0.05) is 6.07 Å². The second kappa shape index (κ2) is 13.5. The van der Waals surface area contributed by atoms with Crippen molar-refractivity contribution < 1.29 is 29.5 Å². The molecule has 8 heteroatoms. The van der Waals surface area contributed by atoms with Gasteiger partial charge < -0.3 is 29.9 Å². The maximum atomic E-state index is 12.5. The number of aliphatic hydroxyl groups is 3. The van der Waals surface area contributed by atoms with Crippen molar-refractivity contribution in [1.29, 1.82) is 0 Å². The van der Waals surface area contributed by atoms with Gasteiger partial charge in [-0.2, -0.15) is 0 Å². The number of aliphatic hydroxyl groups excluding tert-OH is 3. The van der Waals surface area contributed by atoms with Gasteiger partial charge in [-0.15, -0.1) is 0 Å². The first-order valence-corrected chi connectivity index (χ1v) is 9.89. The van der Waals surface area contributed by atoms with Gasteiger partial charge in [-0.05, 0) is 51.4 Å². The number of likely N-dealkylation sites (N-methyl/N-ethyl adjacent to an activating group) is 1. The molecule has 0 spiro atoms. The van der Waals surface area contributed by atoms with E-state index in [1.54, 1.807) is 12.1 Å². The van der Waals surface area contributed by atoms with E-state index in [1.165, 1.54) is 0 Å². The number of hydrogen-bond acceptors (Lipinski definition) is 6. The monoisotopic (exact) mass is 414 g/mol. The average Bonchev–Trinajstić information content (AvgIpc) is 3.17. The third kappa shape index (κ3) is 7.91. The van der Waals surface area contributed by atoms with Crippen molar-refractivity contribution in [2.75, 3.05) is 33.9 Å². The zero-order valence-electron chi connectivity index (χ0n) is 17.8. The Bertz CT molecular complexity index is 695. The lowest BCUT2D eigenvalue weighted by atomic mass is 10.1. The van der Waals surface area contributed by atoms with Crippen LogP contribution in [0.25, 0.3) is 10.9 Å².